The monoisotopic (exact) mass is 466 g/mol. The minimum atomic E-state index is -0.966. The highest BCUT2D eigenvalue weighted by Crippen LogP contribution is 2.45. The van der Waals surface area contributed by atoms with Gasteiger partial charge in [0.15, 0.2) is 16.6 Å². The first-order chi connectivity index (χ1) is 15.8. The van der Waals surface area contributed by atoms with Crippen molar-refractivity contribution in [1.82, 2.24) is 4.98 Å². The summed E-state index contributed by atoms with van der Waals surface area (Å²) in [5.74, 6) is -1.27. The Morgan fingerprint density at radius 2 is 1.76 bits per heavy atom. The number of nitrogens with zero attached hydrogens (tertiary/aromatic N) is 2. The van der Waals surface area contributed by atoms with Crippen molar-refractivity contribution in [1.29, 1.82) is 0 Å². The maximum Gasteiger partial charge on any atom is 0.301 e. The second kappa shape index (κ2) is 8.59. The predicted octanol–water partition coefficient (Wildman–Crippen LogP) is 4.11. The van der Waals surface area contributed by atoms with Crippen molar-refractivity contribution in [2.24, 2.45) is 0 Å². The molecule has 1 amide bonds. The molecule has 1 aliphatic rings. The lowest BCUT2D eigenvalue weighted by Crippen LogP contribution is -2.29. The average molecular weight is 467 g/mol. The van der Waals surface area contributed by atoms with E-state index < -0.39 is 17.7 Å². The molecule has 0 aliphatic carbocycles. The van der Waals surface area contributed by atoms with Crippen LogP contribution in [0.4, 0.5) is 5.13 Å². The highest BCUT2D eigenvalue weighted by Gasteiger charge is 2.48. The van der Waals surface area contributed by atoms with E-state index in [4.69, 9.17) is 9.47 Å². The van der Waals surface area contributed by atoms with Gasteiger partial charge in [-0.2, -0.15) is 0 Å². The van der Waals surface area contributed by atoms with Crippen LogP contribution in [0.3, 0.4) is 0 Å². The quantitative estimate of drug-likeness (QED) is 0.331. The molecule has 2 heterocycles. The second-order valence-corrected chi connectivity index (χ2v) is 8.65. The highest BCUT2D eigenvalue weighted by molar-refractivity contribution is 7.16. The van der Waals surface area contributed by atoms with Gasteiger partial charge >= 0.3 is 5.91 Å². The molecule has 0 saturated carbocycles. The van der Waals surface area contributed by atoms with E-state index in [1.807, 2.05) is 13.8 Å². The SMILES string of the molecule is COc1ccc(C(O)=C2C(=O)C(=O)N(c3nc(C)c(C)s3)[C@@H]2c2ccc(O)c(OC)c2)cc1. The molecule has 1 saturated heterocycles. The topological polar surface area (TPSA) is 109 Å². The lowest BCUT2D eigenvalue weighted by Gasteiger charge is -2.23. The predicted molar refractivity (Wildman–Crippen MR) is 124 cm³/mol. The van der Waals surface area contributed by atoms with Crippen LogP contribution >= 0.6 is 11.3 Å². The standard InChI is InChI=1S/C24H22N2O6S/c1-12-13(2)33-24(25-12)26-20(15-7-10-17(27)18(11-15)32-4)19(22(29)23(26)30)21(28)14-5-8-16(31-3)9-6-14/h5-11,20,27-28H,1-4H3/t20-/m1/s1. The van der Waals surface area contributed by atoms with Gasteiger partial charge in [0.2, 0.25) is 0 Å². The van der Waals surface area contributed by atoms with Crippen LogP contribution in [0, 0.1) is 13.8 Å². The molecule has 0 radical (unpaired) electrons. The van der Waals surface area contributed by atoms with Gasteiger partial charge in [-0.1, -0.05) is 6.07 Å². The number of amides is 1. The zero-order chi connectivity index (χ0) is 23.9. The number of ketones is 1. The molecule has 9 heteroatoms. The number of hydrogen-bond acceptors (Lipinski definition) is 8. The highest BCUT2D eigenvalue weighted by atomic mass is 32.1. The maximum atomic E-state index is 13.2. The fraction of sp³-hybridized carbons (Fsp3) is 0.208. The molecule has 33 heavy (non-hydrogen) atoms. The van der Waals surface area contributed by atoms with Crippen LogP contribution < -0.4 is 14.4 Å². The third-order valence-corrected chi connectivity index (χ3v) is 6.62. The lowest BCUT2D eigenvalue weighted by molar-refractivity contribution is -0.132. The van der Waals surface area contributed by atoms with Gasteiger partial charge < -0.3 is 19.7 Å². The lowest BCUT2D eigenvalue weighted by atomic mass is 9.95. The molecule has 1 atom stereocenters. The Morgan fingerprint density at radius 3 is 2.33 bits per heavy atom. The van der Waals surface area contributed by atoms with Crippen molar-refractivity contribution < 1.29 is 29.3 Å². The van der Waals surface area contributed by atoms with Gasteiger partial charge in [0.05, 0.1) is 31.5 Å². The number of aliphatic hydroxyl groups is 1. The van der Waals surface area contributed by atoms with Gasteiger partial charge in [0.25, 0.3) is 5.78 Å². The molecular formula is C24H22N2O6S. The van der Waals surface area contributed by atoms with E-state index in [1.165, 1.54) is 42.6 Å². The molecular weight excluding hydrogens is 444 g/mol. The van der Waals surface area contributed by atoms with Gasteiger partial charge in [-0.25, -0.2) is 4.98 Å². The molecule has 4 rings (SSSR count). The van der Waals surface area contributed by atoms with E-state index >= 15 is 0 Å². The normalized spacial score (nSPS) is 17.5. The summed E-state index contributed by atoms with van der Waals surface area (Å²) < 4.78 is 10.4. The first-order valence-corrected chi connectivity index (χ1v) is 10.8. The number of hydrogen-bond donors (Lipinski definition) is 2. The van der Waals surface area contributed by atoms with Crippen molar-refractivity contribution in [2.75, 3.05) is 19.1 Å². The maximum absolute atomic E-state index is 13.2. The second-order valence-electron chi connectivity index (χ2n) is 7.47. The van der Waals surface area contributed by atoms with E-state index in [9.17, 15) is 19.8 Å². The number of Topliss-reactive ketones (excluding diaryl/α,β-unsaturated/α-hetero) is 1. The summed E-state index contributed by atoms with van der Waals surface area (Å²) in [6, 6.07) is 10.1. The van der Waals surface area contributed by atoms with Crippen molar-refractivity contribution in [3.63, 3.8) is 0 Å². The number of anilines is 1. The number of phenolic OH excluding ortho intramolecular Hbond substituents is 1. The molecule has 0 spiro atoms. The van der Waals surface area contributed by atoms with Crippen LogP contribution in [-0.2, 0) is 9.59 Å². The van der Waals surface area contributed by atoms with Crippen molar-refractivity contribution in [2.45, 2.75) is 19.9 Å². The smallest absolute Gasteiger partial charge is 0.301 e. The number of carbonyl (C=O) groups is 2. The largest absolute Gasteiger partial charge is 0.507 e. The Morgan fingerprint density at radius 1 is 1.06 bits per heavy atom. The zero-order valence-corrected chi connectivity index (χ0v) is 19.3. The number of carbonyl (C=O) groups excluding carboxylic acids is 2. The summed E-state index contributed by atoms with van der Waals surface area (Å²) in [5.41, 5.74) is 1.50. The van der Waals surface area contributed by atoms with Crippen LogP contribution in [0.1, 0.15) is 27.7 Å². The number of methoxy groups -OCH3 is 2. The Labute approximate surface area is 194 Å². The average Bonchev–Trinajstić information content (AvgIpc) is 3.28. The Hall–Kier alpha value is -3.85. The number of phenols is 1. The third kappa shape index (κ3) is 3.80. The zero-order valence-electron chi connectivity index (χ0n) is 18.4. The summed E-state index contributed by atoms with van der Waals surface area (Å²) in [6.45, 7) is 3.70. The van der Waals surface area contributed by atoms with E-state index in [1.54, 1.807) is 30.3 Å². The number of ether oxygens (including phenoxy) is 2. The Kier molecular flexibility index (Phi) is 5.82. The molecule has 0 unspecified atom stereocenters. The summed E-state index contributed by atoms with van der Waals surface area (Å²) in [7, 11) is 2.93. The Balaban J connectivity index is 1.95. The molecule has 3 aromatic rings. The molecule has 170 valence electrons. The third-order valence-electron chi connectivity index (χ3n) is 5.55. The summed E-state index contributed by atoms with van der Waals surface area (Å²) >= 11 is 1.28. The first-order valence-electron chi connectivity index (χ1n) is 10.0. The van der Waals surface area contributed by atoms with Gasteiger partial charge in [0, 0.05) is 10.4 Å². The number of aromatic hydroxyl groups is 1. The van der Waals surface area contributed by atoms with Crippen molar-refractivity contribution in [3.8, 4) is 17.2 Å². The molecule has 2 aromatic carbocycles. The number of aliphatic hydroxyl groups excluding tert-OH is 1. The van der Waals surface area contributed by atoms with Gasteiger partial charge in [0.1, 0.15) is 11.5 Å². The fourth-order valence-electron chi connectivity index (χ4n) is 3.67. The summed E-state index contributed by atoms with van der Waals surface area (Å²) in [6.07, 6.45) is 0. The van der Waals surface area contributed by atoms with Crippen molar-refractivity contribution in [3.05, 3.63) is 69.7 Å². The number of aryl methyl sites for hydroxylation is 2. The summed E-state index contributed by atoms with van der Waals surface area (Å²) in [5, 5.41) is 21.5. The first kappa shape index (κ1) is 22.3. The van der Waals surface area contributed by atoms with Gasteiger partial charge in [-0.05, 0) is 55.8 Å². The van der Waals surface area contributed by atoms with E-state index in [0.717, 1.165) is 10.6 Å². The van der Waals surface area contributed by atoms with E-state index in [-0.39, 0.29) is 22.8 Å². The minimum absolute atomic E-state index is 0.0802. The summed E-state index contributed by atoms with van der Waals surface area (Å²) in [4.78, 5) is 33.0. The molecule has 0 bridgehead atoms. The van der Waals surface area contributed by atoms with Gasteiger partial charge in [-0.3, -0.25) is 14.5 Å². The number of aromatic nitrogens is 1. The van der Waals surface area contributed by atoms with Gasteiger partial charge in [-0.15, -0.1) is 11.3 Å². The van der Waals surface area contributed by atoms with Crippen molar-refractivity contribution >= 4 is 33.9 Å². The number of benzene rings is 2. The number of thiazole rings is 1. The van der Waals surface area contributed by atoms with Crippen LogP contribution in [0.25, 0.3) is 5.76 Å². The van der Waals surface area contributed by atoms with E-state index in [0.29, 0.717) is 22.0 Å². The van der Waals surface area contributed by atoms with E-state index in [2.05, 4.69) is 4.98 Å². The molecule has 1 aromatic heterocycles. The number of rotatable bonds is 5. The molecule has 1 fully saturated rings. The van der Waals surface area contributed by atoms with Crippen LogP contribution in [0.2, 0.25) is 0 Å². The molecule has 8 nitrogen and oxygen atoms in total. The minimum Gasteiger partial charge on any atom is -0.507 e. The van der Waals surface area contributed by atoms with Crippen LogP contribution in [-0.4, -0.2) is 41.1 Å². The molecule has 1 aliphatic heterocycles. The van der Waals surface area contributed by atoms with Crippen LogP contribution in [0.5, 0.6) is 17.2 Å². The molecule has 2 N–H and O–H groups in total. The van der Waals surface area contributed by atoms with Crippen LogP contribution in [0.15, 0.2) is 48.0 Å². The Bertz CT molecular complexity index is 1260. The fourth-order valence-corrected chi connectivity index (χ4v) is 4.61.